The van der Waals surface area contributed by atoms with E-state index < -0.39 is 17.1 Å². The van der Waals surface area contributed by atoms with E-state index in [4.69, 9.17) is 4.74 Å². The van der Waals surface area contributed by atoms with E-state index in [1.807, 2.05) is 65.0 Å². The molecule has 1 aliphatic heterocycles. The summed E-state index contributed by atoms with van der Waals surface area (Å²) in [6.45, 7) is 9.15. The minimum absolute atomic E-state index is 0.195. The molecule has 4 nitrogen and oxygen atoms in total. The van der Waals surface area contributed by atoms with Gasteiger partial charge in [-0.25, -0.2) is 9.69 Å². The van der Waals surface area contributed by atoms with Crippen molar-refractivity contribution in [1.29, 1.82) is 0 Å². The third-order valence-corrected chi connectivity index (χ3v) is 3.79. The highest BCUT2D eigenvalue weighted by Crippen LogP contribution is 2.34. The lowest BCUT2D eigenvalue weighted by atomic mass is 9.89. The fourth-order valence-corrected chi connectivity index (χ4v) is 2.54. The molecule has 0 spiro atoms. The van der Waals surface area contributed by atoms with Crippen molar-refractivity contribution in [2.24, 2.45) is 5.41 Å². The average Bonchev–Trinajstić information content (AvgIpc) is 2.58. The summed E-state index contributed by atoms with van der Waals surface area (Å²) in [4.78, 5) is 26.1. The number of cyclic esters (lactones) is 1. The zero-order chi connectivity index (χ0) is 15.8. The average molecular weight is 289 g/mol. The number of carbonyl (C=O) groups excluding carboxylic acids is 2. The molecule has 21 heavy (non-hydrogen) atoms. The molecule has 1 aliphatic rings. The Bertz CT molecular complexity index is 543. The molecule has 0 saturated carbocycles. The van der Waals surface area contributed by atoms with E-state index in [0.717, 1.165) is 5.56 Å². The predicted molar refractivity (Wildman–Crippen MR) is 80.8 cm³/mol. The molecule has 0 radical (unpaired) electrons. The quantitative estimate of drug-likeness (QED) is 0.838. The second kappa shape index (κ2) is 5.17. The zero-order valence-corrected chi connectivity index (χ0v) is 13.3. The van der Waals surface area contributed by atoms with E-state index in [9.17, 15) is 9.59 Å². The maximum Gasteiger partial charge on any atom is 0.417 e. The Morgan fingerprint density at radius 3 is 2.33 bits per heavy atom. The lowest BCUT2D eigenvalue weighted by molar-refractivity contribution is -0.137. The summed E-state index contributed by atoms with van der Waals surface area (Å²) in [5.41, 5.74) is -0.219. The van der Waals surface area contributed by atoms with Crippen molar-refractivity contribution < 1.29 is 14.3 Å². The molecule has 0 aromatic heterocycles. The number of rotatable bonds is 2. The molecule has 1 aromatic carbocycles. The number of carbonyl (C=O) groups is 2. The largest absolute Gasteiger partial charge is 0.441 e. The van der Waals surface area contributed by atoms with Gasteiger partial charge >= 0.3 is 6.09 Å². The number of imide groups is 1. The fourth-order valence-electron chi connectivity index (χ4n) is 2.54. The second-order valence-corrected chi connectivity index (χ2v) is 7.10. The van der Waals surface area contributed by atoms with Crippen molar-refractivity contribution in [3.63, 3.8) is 0 Å². The molecular formula is C17H23NO3. The Morgan fingerprint density at radius 1 is 1.24 bits per heavy atom. The van der Waals surface area contributed by atoms with Crippen LogP contribution in [-0.4, -0.2) is 28.5 Å². The van der Waals surface area contributed by atoms with E-state index >= 15 is 0 Å². The third kappa shape index (κ3) is 3.09. The van der Waals surface area contributed by atoms with Gasteiger partial charge in [0.2, 0.25) is 5.91 Å². The van der Waals surface area contributed by atoms with Gasteiger partial charge in [0.25, 0.3) is 0 Å². The van der Waals surface area contributed by atoms with Crippen LogP contribution in [0.4, 0.5) is 4.79 Å². The number of benzene rings is 1. The van der Waals surface area contributed by atoms with Crippen molar-refractivity contribution in [2.75, 3.05) is 0 Å². The van der Waals surface area contributed by atoms with Crippen molar-refractivity contribution in [3.8, 4) is 0 Å². The summed E-state index contributed by atoms with van der Waals surface area (Å²) in [6, 6.07) is 9.56. The van der Waals surface area contributed by atoms with Gasteiger partial charge in [0.15, 0.2) is 0 Å². The first-order valence-electron chi connectivity index (χ1n) is 7.23. The molecule has 1 aromatic rings. The molecule has 114 valence electrons. The Hall–Kier alpha value is -1.84. The summed E-state index contributed by atoms with van der Waals surface area (Å²) in [5.74, 6) is -0.195. The van der Waals surface area contributed by atoms with Crippen LogP contribution in [0.25, 0.3) is 0 Å². The molecule has 1 fully saturated rings. The summed E-state index contributed by atoms with van der Waals surface area (Å²) >= 11 is 0. The van der Waals surface area contributed by atoms with Crippen molar-refractivity contribution in [2.45, 2.75) is 52.7 Å². The van der Waals surface area contributed by atoms with E-state index in [1.54, 1.807) is 0 Å². The molecule has 0 unspecified atom stereocenters. The number of amides is 2. The second-order valence-electron chi connectivity index (χ2n) is 7.10. The Labute approximate surface area is 126 Å². The number of hydrogen-bond donors (Lipinski definition) is 0. The maximum atomic E-state index is 12.6. The van der Waals surface area contributed by atoms with E-state index in [-0.39, 0.29) is 11.9 Å². The van der Waals surface area contributed by atoms with Gasteiger partial charge in [-0.1, -0.05) is 51.1 Å². The zero-order valence-electron chi connectivity index (χ0n) is 13.3. The number of nitrogens with zero attached hydrogens (tertiary/aromatic N) is 1. The lowest BCUT2D eigenvalue weighted by Crippen LogP contribution is -2.49. The normalized spacial score (nSPS) is 21.3. The number of hydrogen-bond acceptors (Lipinski definition) is 3. The molecule has 0 bridgehead atoms. The van der Waals surface area contributed by atoms with Crippen LogP contribution in [0.2, 0.25) is 0 Å². The van der Waals surface area contributed by atoms with Crippen LogP contribution in [0, 0.1) is 5.41 Å². The van der Waals surface area contributed by atoms with Crippen LogP contribution in [0.3, 0.4) is 0 Å². The van der Waals surface area contributed by atoms with Crippen molar-refractivity contribution in [1.82, 2.24) is 4.90 Å². The van der Waals surface area contributed by atoms with Crippen LogP contribution in [0.1, 0.15) is 40.2 Å². The van der Waals surface area contributed by atoms with Crippen LogP contribution < -0.4 is 0 Å². The summed E-state index contributed by atoms with van der Waals surface area (Å²) in [5, 5.41) is 0. The van der Waals surface area contributed by atoms with Crippen LogP contribution in [-0.2, 0) is 16.0 Å². The van der Waals surface area contributed by atoms with Crippen LogP contribution >= 0.6 is 0 Å². The molecular weight excluding hydrogens is 266 g/mol. The molecule has 4 heteroatoms. The van der Waals surface area contributed by atoms with Crippen molar-refractivity contribution >= 4 is 12.0 Å². The van der Waals surface area contributed by atoms with Gasteiger partial charge in [-0.05, 0) is 25.8 Å². The number of ether oxygens (including phenoxy) is 1. The highest BCUT2D eigenvalue weighted by molar-refractivity contribution is 5.96. The molecule has 2 amide bonds. The van der Waals surface area contributed by atoms with Gasteiger partial charge < -0.3 is 4.74 Å². The standard InChI is InChI=1S/C17H23NO3/c1-16(2,3)14(19)18-13(17(4,5)21-15(18)20)11-12-9-7-6-8-10-12/h6-10,13H,11H2,1-5H3/t13-/m0/s1. The molecule has 1 atom stereocenters. The van der Waals surface area contributed by atoms with Gasteiger partial charge in [-0.3, -0.25) is 4.79 Å². The maximum absolute atomic E-state index is 12.6. The minimum atomic E-state index is -0.687. The van der Waals surface area contributed by atoms with E-state index in [0.29, 0.717) is 6.42 Å². The topological polar surface area (TPSA) is 46.6 Å². The Balaban J connectivity index is 2.33. The van der Waals surface area contributed by atoms with Gasteiger partial charge in [0.1, 0.15) is 5.60 Å². The molecule has 0 N–H and O–H groups in total. The predicted octanol–water partition coefficient (Wildman–Crippen LogP) is 3.40. The highest BCUT2D eigenvalue weighted by atomic mass is 16.6. The SMILES string of the molecule is CC(C)(C)C(=O)N1C(=O)OC(C)(C)[C@@H]1Cc1ccccc1. The van der Waals surface area contributed by atoms with Gasteiger partial charge in [-0.2, -0.15) is 0 Å². The minimum Gasteiger partial charge on any atom is -0.441 e. The summed E-state index contributed by atoms with van der Waals surface area (Å²) in [6.07, 6.45) is 0.0577. The molecule has 2 rings (SSSR count). The Kier molecular flexibility index (Phi) is 3.83. The fraction of sp³-hybridized carbons (Fsp3) is 0.529. The van der Waals surface area contributed by atoms with E-state index in [2.05, 4.69) is 0 Å². The monoisotopic (exact) mass is 289 g/mol. The summed E-state index contributed by atoms with van der Waals surface area (Å²) in [7, 11) is 0. The molecule has 1 heterocycles. The lowest BCUT2D eigenvalue weighted by Gasteiger charge is -2.31. The van der Waals surface area contributed by atoms with E-state index in [1.165, 1.54) is 4.90 Å². The van der Waals surface area contributed by atoms with Gasteiger partial charge in [0, 0.05) is 5.41 Å². The van der Waals surface area contributed by atoms with Crippen LogP contribution in [0.15, 0.2) is 30.3 Å². The summed E-state index contributed by atoms with van der Waals surface area (Å²) < 4.78 is 5.43. The third-order valence-electron chi connectivity index (χ3n) is 3.79. The van der Waals surface area contributed by atoms with Crippen molar-refractivity contribution in [3.05, 3.63) is 35.9 Å². The first-order chi connectivity index (χ1) is 9.63. The van der Waals surface area contributed by atoms with Gasteiger partial charge in [0.05, 0.1) is 6.04 Å². The molecule has 1 saturated heterocycles. The smallest absolute Gasteiger partial charge is 0.417 e. The highest BCUT2D eigenvalue weighted by Gasteiger charge is 2.52. The van der Waals surface area contributed by atoms with Gasteiger partial charge in [-0.15, -0.1) is 0 Å². The first kappa shape index (κ1) is 15.5. The molecule has 0 aliphatic carbocycles. The van der Waals surface area contributed by atoms with Crippen LogP contribution in [0.5, 0.6) is 0 Å². The first-order valence-corrected chi connectivity index (χ1v) is 7.23. The Morgan fingerprint density at radius 2 is 1.81 bits per heavy atom.